The molecule has 3 rings (SSSR count). The third kappa shape index (κ3) is 8.36. The second-order valence-electron chi connectivity index (χ2n) is 10.8. The summed E-state index contributed by atoms with van der Waals surface area (Å²) in [5.41, 5.74) is 1.93. The minimum Gasteiger partial charge on any atom is -0.369 e. The van der Waals surface area contributed by atoms with E-state index in [1.807, 2.05) is 18.7 Å². The third-order valence-electron chi connectivity index (χ3n) is 7.02. The van der Waals surface area contributed by atoms with Crippen LogP contribution < -0.4 is 21.0 Å². The van der Waals surface area contributed by atoms with Crippen LogP contribution in [0.1, 0.15) is 65.2 Å². The molecule has 36 heavy (non-hydrogen) atoms. The summed E-state index contributed by atoms with van der Waals surface area (Å²) in [5, 5.41) is 14.3. The fourth-order valence-corrected chi connectivity index (χ4v) is 5.02. The Morgan fingerprint density at radius 2 is 1.81 bits per heavy atom. The van der Waals surface area contributed by atoms with Crippen LogP contribution in [0, 0.1) is 17.2 Å². The second kappa shape index (κ2) is 12.9. The number of nitrogens with one attached hydrogen (secondary N) is 3. The molecule has 1 aromatic carbocycles. The fraction of sp³-hybridized carbons (Fsp3) is 0.654. The van der Waals surface area contributed by atoms with E-state index >= 15 is 0 Å². The molecule has 1 saturated carbocycles. The Morgan fingerprint density at radius 3 is 2.44 bits per heavy atom. The summed E-state index contributed by atoms with van der Waals surface area (Å²) in [5.74, 6) is -0.840. The molecule has 4 N–H and O–H groups in total. The van der Waals surface area contributed by atoms with Crippen LogP contribution in [-0.2, 0) is 9.59 Å². The summed E-state index contributed by atoms with van der Waals surface area (Å²) < 4.78 is 14.6. The number of hydrogen-bond acceptors (Lipinski definition) is 5. The van der Waals surface area contributed by atoms with Gasteiger partial charge in [-0.15, -0.1) is 0 Å². The number of carbonyl (C=O) groups is 3. The summed E-state index contributed by atoms with van der Waals surface area (Å²) in [6, 6.07) is 4.23. The molecule has 9 nitrogen and oxygen atoms in total. The number of amides is 4. The van der Waals surface area contributed by atoms with Crippen LogP contribution in [0.5, 0.6) is 0 Å². The highest BCUT2D eigenvalue weighted by atomic mass is 19.1. The maximum atomic E-state index is 14.6. The van der Waals surface area contributed by atoms with E-state index in [1.165, 1.54) is 11.0 Å². The highest BCUT2D eigenvalue weighted by molar-refractivity contribution is 5.89. The van der Waals surface area contributed by atoms with Crippen molar-refractivity contribution in [2.45, 2.75) is 65.2 Å². The van der Waals surface area contributed by atoms with E-state index in [-0.39, 0.29) is 31.2 Å². The number of urea groups is 1. The monoisotopic (exact) mass is 505 g/mol. The minimum absolute atomic E-state index is 0.123. The van der Waals surface area contributed by atoms with Crippen LogP contribution in [0.2, 0.25) is 0 Å². The van der Waals surface area contributed by atoms with E-state index in [4.69, 9.17) is 5.21 Å². The summed E-state index contributed by atoms with van der Waals surface area (Å²) >= 11 is 0. The minimum atomic E-state index is -0.629. The molecule has 1 aromatic rings. The van der Waals surface area contributed by atoms with E-state index < -0.39 is 17.4 Å². The van der Waals surface area contributed by atoms with Crippen molar-refractivity contribution in [1.29, 1.82) is 0 Å². The zero-order valence-electron chi connectivity index (χ0n) is 21.4. The molecule has 1 aliphatic heterocycles. The molecule has 4 amide bonds. The average molecular weight is 506 g/mol. The summed E-state index contributed by atoms with van der Waals surface area (Å²) in [6.07, 6.45) is 7.67. The van der Waals surface area contributed by atoms with E-state index in [2.05, 4.69) is 10.6 Å². The molecular formula is C26H40FN5O4. The Kier molecular flexibility index (Phi) is 9.92. The molecule has 1 aliphatic carbocycles. The first-order valence-corrected chi connectivity index (χ1v) is 13.0. The van der Waals surface area contributed by atoms with Gasteiger partial charge in [-0.25, -0.2) is 14.7 Å². The Morgan fingerprint density at radius 1 is 1.11 bits per heavy atom. The van der Waals surface area contributed by atoms with E-state index in [1.54, 1.807) is 17.6 Å². The molecule has 2 aliphatic rings. The number of nitrogens with zero attached hydrogens (tertiary/aromatic N) is 2. The lowest BCUT2D eigenvalue weighted by atomic mass is 9.88. The van der Waals surface area contributed by atoms with Crippen molar-refractivity contribution in [3.05, 3.63) is 24.0 Å². The Balaban J connectivity index is 1.50. The van der Waals surface area contributed by atoms with Crippen molar-refractivity contribution in [3.8, 4) is 0 Å². The van der Waals surface area contributed by atoms with E-state index in [0.717, 1.165) is 58.0 Å². The van der Waals surface area contributed by atoms with Crippen molar-refractivity contribution in [2.75, 3.05) is 42.9 Å². The van der Waals surface area contributed by atoms with E-state index in [0.29, 0.717) is 23.8 Å². The van der Waals surface area contributed by atoms with Crippen LogP contribution in [0.4, 0.5) is 20.6 Å². The second-order valence-corrected chi connectivity index (χ2v) is 10.8. The first-order valence-electron chi connectivity index (χ1n) is 13.0. The average Bonchev–Trinajstić information content (AvgIpc) is 3.36. The fourth-order valence-electron chi connectivity index (χ4n) is 5.02. The predicted molar refractivity (Wildman–Crippen MR) is 136 cm³/mol. The van der Waals surface area contributed by atoms with Crippen LogP contribution in [0.15, 0.2) is 18.2 Å². The maximum Gasteiger partial charge on any atom is 0.319 e. The summed E-state index contributed by atoms with van der Waals surface area (Å²) in [7, 11) is 0. The summed E-state index contributed by atoms with van der Waals surface area (Å²) in [6.45, 7) is 5.88. The first-order chi connectivity index (χ1) is 17.2. The Labute approximate surface area is 212 Å². The van der Waals surface area contributed by atoms with Crippen molar-refractivity contribution >= 4 is 29.2 Å². The van der Waals surface area contributed by atoms with Crippen molar-refractivity contribution in [1.82, 2.24) is 15.7 Å². The molecular weight excluding hydrogens is 465 g/mol. The summed E-state index contributed by atoms with van der Waals surface area (Å²) in [4.78, 5) is 40.8. The van der Waals surface area contributed by atoms with Gasteiger partial charge in [0.15, 0.2) is 0 Å². The van der Waals surface area contributed by atoms with Gasteiger partial charge in [0.25, 0.3) is 5.91 Å². The number of carbonyl (C=O) groups excluding carboxylic acids is 3. The van der Waals surface area contributed by atoms with Gasteiger partial charge in [0.05, 0.1) is 5.69 Å². The molecule has 1 heterocycles. The molecule has 2 fully saturated rings. The third-order valence-corrected chi connectivity index (χ3v) is 7.02. The topological polar surface area (TPSA) is 114 Å². The molecule has 0 spiro atoms. The van der Waals surface area contributed by atoms with Gasteiger partial charge in [0, 0.05) is 38.3 Å². The lowest BCUT2D eigenvalue weighted by molar-refractivity contribution is -0.141. The standard InChI is InChI=1S/C26H40FN5O4/c1-26(2,15-24(34)32(17-23(33)30-36)16-19-8-4-5-9-19)18-28-25(35)29-20-10-11-22(21(27)14-20)31-12-6-3-7-13-31/h10-11,14,19,36H,3-9,12-13,15-18H2,1-2H3,(H,30,33)(H2,28,29,35). The lowest BCUT2D eigenvalue weighted by Crippen LogP contribution is -2.45. The van der Waals surface area contributed by atoms with Crippen LogP contribution in [0.25, 0.3) is 0 Å². The molecule has 0 atom stereocenters. The number of halogens is 1. The number of hydroxylamine groups is 1. The SMILES string of the molecule is CC(C)(CNC(=O)Nc1ccc(N2CCCCC2)c(F)c1)CC(=O)N(CC(=O)NO)CC1CCCC1. The molecule has 200 valence electrons. The van der Waals surface area contributed by atoms with Gasteiger partial charge >= 0.3 is 6.03 Å². The molecule has 0 unspecified atom stereocenters. The van der Waals surface area contributed by atoms with Crippen LogP contribution in [0.3, 0.4) is 0 Å². The van der Waals surface area contributed by atoms with Gasteiger partial charge in [-0.3, -0.25) is 14.8 Å². The largest absolute Gasteiger partial charge is 0.369 e. The number of hydrogen-bond donors (Lipinski definition) is 4. The van der Waals surface area contributed by atoms with Gasteiger partial charge < -0.3 is 20.4 Å². The number of anilines is 2. The Hall–Kier alpha value is -2.88. The van der Waals surface area contributed by atoms with Gasteiger partial charge in [0.1, 0.15) is 12.4 Å². The Bertz CT molecular complexity index is 914. The number of piperidine rings is 1. The normalized spacial score (nSPS) is 16.5. The zero-order chi connectivity index (χ0) is 26.1. The van der Waals surface area contributed by atoms with Gasteiger partial charge in [0.2, 0.25) is 5.91 Å². The van der Waals surface area contributed by atoms with Crippen LogP contribution in [-0.4, -0.2) is 60.7 Å². The molecule has 0 aromatic heterocycles. The van der Waals surface area contributed by atoms with Gasteiger partial charge in [-0.2, -0.15) is 0 Å². The van der Waals surface area contributed by atoms with Crippen molar-refractivity contribution < 1.29 is 24.0 Å². The van der Waals surface area contributed by atoms with Crippen molar-refractivity contribution in [2.24, 2.45) is 11.3 Å². The number of rotatable bonds is 10. The maximum absolute atomic E-state index is 14.6. The lowest BCUT2D eigenvalue weighted by Gasteiger charge is -2.30. The van der Waals surface area contributed by atoms with E-state index in [9.17, 15) is 18.8 Å². The highest BCUT2D eigenvalue weighted by Crippen LogP contribution is 2.28. The van der Waals surface area contributed by atoms with Crippen LogP contribution >= 0.6 is 0 Å². The smallest absolute Gasteiger partial charge is 0.319 e. The number of benzene rings is 1. The quantitative estimate of drug-likeness (QED) is 0.285. The van der Waals surface area contributed by atoms with Crippen molar-refractivity contribution in [3.63, 3.8) is 0 Å². The first kappa shape index (κ1) is 27.7. The van der Waals surface area contributed by atoms with Gasteiger partial charge in [-0.05, 0) is 61.6 Å². The predicted octanol–water partition coefficient (Wildman–Crippen LogP) is 3.88. The molecule has 0 bridgehead atoms. The molecule has 10 heteroatoms. The van der Waals surface area contributed by atoms with Gasteiger partial charge in [-0.1, -0.05) is 26.7 Å². The molecule has 0 radical (unpaired) electrons. The zero-order valence-corrected chi connectivity index (χ0v) is 21.4. The molecule has 1 saturated heterocycles. The highest BCUT2D eigenvalue weighted by Gasteiger charge is 2.29.